The van der Waals surface area contributed by atoms with Gasteiger partial charge in [-0.1, -0.05) is 23.7 Å². The van der Waals surface area contributed by atoms with Crippen molar-refractivity contribution in [2.24, 2.45) is 11.8 Å². The van der Waals surface area contributed by atoms with Crippen LogP contribution in [0.4, 0.5) is 15.0 Å². The van der Waals surface area contributed by atoms with Gasteiger partial charge in [0.15, 0.2) is 0 Å². The zero-order valence-electron chi connectivity index (χ0n) is 14.2. The summed E-state index contributed by atoms with van der Waals surface area (Å²) in [6.07, 6.45) is 1.25. The van der Waals surface area contributed by atoms with Crippen LogP contribution in [0.5, 0.6) is 0 Å². The van der Waals surface area contributed by atoms with Crippen molar-refractivity contribution in [1.29, 1.82) is 0 Å². The molecule has 2 saturated heterocycles. The second-order valence-corrected chi connectivity index (χ2v) is 7.39. The maximum Gasteiger partial charge on any atom is 0.317 e. The summed E-state index contributed by atoms with van der Waals surface area (Å²) >= 11 is 5.87. The molecule has 1 aromatic heterocycles. The molecule has 2 aliphatic heterocycles. The molecule has 1 N–H and O–H groups in total. The molecule has 2 aliphatic rings. The first-order valence-electron chi connectivity index (χ1n) is 8.72. The van der Waals surface area contributed by atoms with Gasteiger partial charge >= 0.3 is 6.03 Å². The molecule has 2 unspecified atom stereocenters. The van der Waals surface area contributed by atoms with Crippen LogP contribution in [-0.2, 0) is 6.54 Å². The van der Waals surface area contributed by atoms with E-state index in [2.05, 4.69) is 15.2 Å². The first-order chi connectivity index (χ1) is 12.6. The highest BCUT2D eigenvalue weighted by atomic mass is 35.5. The van der Waals surface area contributed by atoms with Gasteiger partial charge in [-0.15, -0.1) is 0 Å². The minimum atomic E-state index is -0.323. The minimum absolute atomic E-state index is 0.0270. The van der Waals surface area contributed by atoms with Crippen LogP contribution < -0.4 is 10.2 Å². The van der Waals surface area contributed by atoms with E-state index in [0.717, 1.165) is 37.6 Å². The molecule has 136 valence electrons. The van der Waals surface area contributed by atoms with Crippen LogP contribution in [0.2, 0.25) is 5.02 Å². The van der Waals surface area contributed by atoms with E-state index in [1.165, 1.54) is 12.3 Å². The Balaban J connectivity index is 1.29. The molecule has 1 aromatic carbocycles. The van der Waals surface area contributed by atoms with Gasteiger partial charge in [-0.05, 0) is 29.8 Å². The van der Waals surface area contributed by atoms with Crippen LogP contribution in [0.3, 0.4) is 0 Å². The van der Waals surface area contributed by atoms with Gasteiger partial charge in [-0.25, -0.2) is 14.2 Å². The molecule has 2 aromatic rings. The fourth-order valence-corrected chi connectivity index (χ4v) is 3.92. The molecule has 5 nitrogen and oxygen atoms in total. The van der Waals surface area contributed by atoms with E-state index in [1.54, 1.807) is 6.07 Å². The maximum absolute atomic E-state index is 13.0. The lowest BCUT2D eigenvalue weighted by molar-refractivity contribution is 0.205. The number of urea groups is 1. The average molecular weight is 375 g/mol. The van der Waals surface area contributed by atoms with Gasteiger partial charge in [0, 0.05) is 49.6 Å². The molecule has 0 radical (unpaired) electrons. The van der Waals surface area contributed by atoms with Crippen LogP contribution in [0.15, 0.2) is 42.6 Å². The predicted molar refractivity (Wildman–Crippen MR) is 98.6 cm³/mol. The topological polar surface area (TPSA) is 48.5 Å². The van der Waals surface area contributed by atoms with Crippen molar-refractivity contribution < 1.29 is 9.18 Å². The van der Waals surface area contributed by atoms with E-state index in [9.17, 15) is 9.18 Å². The van der Waals surface area contributed by atoms with Crippen molar-refractivity contribution in [2.45, 2.75) is 6.54 Å². The van der Waals surface area contributed by atoms with Gasteiger partial charge in [0.25, 0.3) is 0 Å². The Morgan fingerprint density at radius 2 is 1.81 bits per heavy atom. The minimum Gasteiger partial charge on any atom is -0.356 e. The number of benzene rings is 1. The molecule has 3 heterocycles. The summed E-state index contributed by atoms with van der Waals surface area (Å²) in [6.45, 7) is 3.69. The van der Waals surface area contributed by atoms with E-state index in [-0.39, 0.29) is 11.8 Å². The molecule has 0 spiro atoms. The quantitative estimate of drug-likeness (QED) is 0.897. The van der Waals surface area contributed by atoms with Crippen molar-refractivity contribution in [1.82, 2.24) is 15.2 Å². The van der Waals surface area contributed by atoms with Crippen LogP contribution in [0.25, 0.3) is 0 Å². The number of amides is 2. The number of anilines is 1. The Labute approximate surface area is 156 Å². The number of halogens is 2. The van der Waals surface area contributed by atoms with Crippen LogP contribution >= 0.6 is 11.6 Å². The lowest BCUT2D eigenvalue weighted by Gasteiger charge is -2.22. The largest absolute Gasteiger partial charge is 0.356 e. The van der Waals surface area contributed by atoms with Gasteiger partial charge in [0.05, 0.1) is 6.20 Å². The van der Waals surface area contributed by atoms with Crippen LogP contribution in [0, 0.1) is 17.7 Å². The van der Waals surface area contributed by atoms with Crippen molar-refractivity contribution in [3.8, 4) is 0 Å². The lowest BCUT2D eigenvalue weighted by atomic mass is 10.0. The van der Waals surface area contributed by atoms with Crippen molar-refractivity contribution >= 4 is 23.4 Å². The van der Waals surface area contributed by atoms with Crippen molar-refractivity contribution in [3.63, 3.8) is 0 Å². The highest BCUT2D eigenvalue weighted by Gasteiger charge is 2.41. The molecule has 0 saturated carbocycles. The number of pyridine rings is 1. The van der Waals surface area contributed by atoms with E-state index in [4.69, 9.17) is 11.6 Å². The third-order valence-corrected chi connectivity index (χ3v) is 5.42. The third-order valence-electron chi connectivity index (χ3n) is 5.17. The average Bonchev–Trinajstić information content (AvgIpc) is 3.21. The normalized spacial score (nSPS) is 21.8. The van der Waals surface area contributed by atoms with Gasteiger partial charge in [-0.2, -0.15) is 0 Å². The summed E-state index contributed by atoms with van der Waals surface area (Å²) < 4.78 is 13.0. The number of rotatable bonds is 3. The summed E-state index contributed by atoms with van der Waals surface area (Å²) in [4.78, 5) is 20.7. The highest BCUT2D eigenvalue weighted by Crippen LogP contribution is 2.33. The summed E-state index contributed by atoms with van der Waals surface area (Å²) in [7, 11) is 0. The van der Waals surface area contributed by atoms with Gasteiger partial charge < -0.3 is 15.1 Å². The summed E-state index contributed by atoms with van der Waals surface area (Å²) in [5.41, 5.74) is 1.02. The van der Waals surface area contributed by atoms with Crippen LogP contribution in [-0.4, -0.2) is 42.1 Å². The fourth-order valence-electron chi connectivity index (χ4n) is 3.79. The fraction of sp³-hybridized carbons (Fsp3) is 0.368. The second-order valence-electron chi connectivity index (χ2n) is 6.95. The number of aromatic nitrogens is 1. The zero-order chi connectivity index (χ0) is 18.1. The Morgan fingerprint density at radius 1 is 1.12 bits per heavy atom. The van der Waals surface area contributed by atoms with E-state index >= 15 is 0 Å². The van der Waals surface area contributed by atoms with Crippen LogP contribution in [0.1, 0.15) is 5.56 Å². The highest BCUT2D eigenvalue weighted by molar-refractivity contribution is 6.30. The molecular weight excluding hydrogens is 355 g/mol. The number of likely N-dealkylation sites (tertiary alicyclic amines) is 1. The number of nitrogens with zero attached hydrogens (tertiary/aromatic N) is 3. The third kappa shape index (κ3) is 3.60. The van der Waals surface area contributed by atoms with Crippen molar-refractivity contribution in [2.75, 3.05) is 31.1 Å². The Kier molecular flexibility index (Phi) is 4.68. The molecule has 2 fully saturated rings. The molecule has 0 bridgehead atoms. The molecule has 4 rings (SSSR count). The number of carbonyl (C=O) groups excluding carboxylic acids is 1. The number of hydrogen-bond acceptors (Lipinski definition) is 3. The monoisotopic (exact) mass is 374 g/mol. The van der Waals surface area contributed by atoms with Gasteiger partial charge in [-0.3, -0.25) is 0 Å². The smallest absolute Gasteiger partial charge is 0.317 e. The first-order valence-corrected chi connectivity index (χ1v) is 9.10. The molecule has 2 atom stereocenters. The molecule has 2 amide bonds. The summed E-state index contributed by atoms with van der Waals surface area (Å²) in [6, 6.07) is 10.6. The SMILES string of the molecule is O=C(NCc1ccc(Cl)cc1)N1CC2CN(c3ccc(F)cn3)CC2C1. The number of nitrogens with one attached hydrogen (secondary N) is 1. The standard InChI is InChI=1S/C19H20ClFN4O/c20-16-3-1-13(2-4-16)7-23-19(26)25-11-14-9-24(10-15(14)12-25)18-6-5-17(21)8-22-18/h1-6,8,14-15H,7,9-12H2,(H,23,26). The number of fused-ring (bicyclic) bond motifs is 1. The molecule has 26 heavy (non-hydrogen) atoms. The van der Waals surface area contributed by atoms with E-state index < -0.39 is 0 Å². The Hall–Kier alpha value is -2.34. The Morgan fingerprint density at radius 3 is 2.42 bits per heavy atom. The number of carbonyl (C=O) groups is 1. The predicted octanol–water partition coefficient (Wildman–Crippen LogP) is 3.15. The zero-order valence-corrected chi connectivity index (χ0v) is 15.0. The van der Waals surface area contributed by atoms with Crippen molar-refractivity contribution in [3.05, 3.63) is 59.0 Å². The molecule has 0 aliphatic carbocycles. The summed E-state index contributed by atoms with van der Waals surface area (Å²) in [5, 5.41) is 3.66. The first kappa shape index (κ1) is 17.1. The van der Waals surface area contributed by atoms with Gasteiger partial charge in [0.2, 0.25) is 0 Å². The second kappa shape index (κ2) is 7.11. The van der Waals surface area contributed by atoms with E-state index in [1.807, 2.05) is 29.2 Å². The molecular formula is C19H20ClFN4O. The molecule has 7 heteroatoms. The van der Waals surface area contributed by atoms with Gasteiger partial charge in [0.1, 0.15) is 11.6 Å². The lowest BCUT2D eigenvalue weighted by Crippen LogP contribution is -2.40. The van der Waals surface area contributed by atoms with E-state index in [0.29, 0.717) is 23.4 Å². The maximum atomic E-state index is 13.0. The number of hydrogen-bond donors (Lipinski definition) is 1. The Bertz CT molecular complexity index is 769. The summed E-state index contributed by atoms with van der Waals surface area (Å²) in [5.74, 6) is 1.35.